The SMILES string of the molecule is N#CC1=C(Nc2cc(F)ccc2F)CCC1. The van der Waals surface area contributed by atoms with Gasteiger partial charge in [-0.2, -0.15) is 5.26 Å². The van der Waals surface area contributed by atoms with Gasteiger partial charge in [-0.25, -0.2) is 8.78 Å². The second-order valence-electron chi connectivity index (χ2n) is 3.67. The molecule has 0 saturated heterocycles. The van der Waals surface area contributed by atoms with Crippen molar-refractivity contribution >= 4 is 5.69 Å². The summed E-state index contributed by atoms with van der Waals surface area (Å²) in [5, 5.41) is 11.6. The highest BCUT2D eigenvalue weighted by Crippen LogP contribution is 2.27. The van der Waals surface area contributed by atoms with Crippen LogP contribution >= 0.6 is 0 Å². The minimum absolute atomic E-state index is 0.0876. The standard InChI is InChI=1S/C12H10F2N2/c13-9-4-5-10(14)12(6-9)16-11-3-1-2-8(11)7-15/h4-6,16H,1-3H2. The fourth-order valence-corrected chi connectivity index (χ4v) is 1.76. The lowest BCUT2D eigenvalue weighted by Gasteiger charge is -2.08. The molecule has 1 aromatic rings. The number of halogens is 2. The van der Waals surface area contributed by atoms with Gasteiger partial charge >= 0.3 is 0 Å². The van der Waals surface area contributed by atoms with Gasteiger partial charge in [0, 0.05) is 17.3 Å². The molecular formula is C12H10F2N2. The van der Waals surface area contributed by atoms with Crippen LogP contribution in [0.15, 0.2) is 29.5 Å². The van der Waals surface area contributed by atoms with Gasteiger partial charge in [0.25, 0.3) is 0 Å². The van der Waals surface area contributed by atoms with E-state index in [0.29, 0.717) is 24.1 Å². The van der Waals surface area contributed by atoms with Crippen LogP contribution in [0.4, 0.5) is 14.5 Å². The van der Waals surface area contributed by atoms with E-state index in [1.807, 2.05) is 0 Å². The molecule has 0 atom stereocenters. The predicted molar refractivity (Wildman–Crippen MR) is 56.5 cm³/mol. The maximum absolute atomic E-state index is 13.3. The van der Waals surface area contributed by atoms with Crippen molar-refractivity contribution in [2.24, 2.45) is 0 Å². The molecule has 0 spiro atoms. The highest BCUT2D eigenvalue weighted by Gasteiger charge is 2.15. The maximum atomic E-state index is 13.3. The number of nitrogens with one attached hydrogen (secondary N) is 1. The molecule has 4 heteroatoms. The van der Waals surface area contributed by atoms with E-state index in [0.717, 1.165) is 24.6 Å². The molecule has 0 unspecified atom stereocenters. The van der Waals surface area contributed by atoms with Gasteiger partial charge in [0.1, 0.15) is 11.6 Å². The fourth-order valence-electron chi connectivity index (χ4n) is 1.76. The van der Waals surface area contributed by atoms with Crippen LogP contribution in [-0.4, -0.2) is 0 Å². The maximum Gasteiger partial charge on any atom is 0.146 e. The Kier molecular flexibility index (Phi) is 2.86. The molecule has 16 heavy (non-hydrogen) atoms. The lowest BCUT2D eigenvalue weighted by atomic mass is 10.2. The van der Waals surface area contributed by atoms with Crippen LogP contribution in [0.3, 0.4) is 0 Å². The topological polar surface area (TPSA) is 35.8 Å². The molecule has 1 aliphatic rings. The first-order valence-corrected chi connectivity index (χ1v) is 5.05. The zero-order valence-corrected chi connectivity index (χ0v) is 8.56. The molecule has 1 N–H and O–H groups in total. The molecule has 2 rings (SSSR count). The van der Waals surface area contributed by atoms with E-state index >= 15 is 0 Å². The quantitative estimate of drug-likeness (QED) is 0.829. The first kappa shape index (κ1) is 10.6. The molecule has 0 amide bonds. The van der Waals surface area contributed by atoms with Crippen LogP contribution in [0.1, 0.15) is 19.3 Å². The lowest BCUT2D eigenvalue weighted by Crippen LogP contribution is -2.01. The van der Waals surface area contributed by atoms with Crippen LogP contribution in [0.5, 0.6) is 0 Å². The van der Waals surface area contributed by atoms with Crippen molar-refractivity contribution < 1.29 is 8.78 Å². The second kappa shape index (κ2) is 4.31. The van der Waals surface area contributed by atoms with Crippen LogP contribution in [0.2, 0.25) is 0 Å². The van der Waals surface area contributed by atoms with E-state index in [1.165, 1.54) is 0 Å². The number of anilines is 1. The van der Waals surface area contributed by atoms with E-state index in [-0.39, 0.29) is 5.69 Å². The van der Waals surface area contributed by atoms with Gasteiger partial charge in [0.15, 0.2) is 0 Å². The third-order valence-electron chi connectivity index (χ3n) is 2.57. The minimum atomic E-state index is -0.516. The Morgan fingerprint density at radius 3 is 2.81 bits per heavy atom. The van der Waals surface area contributed by atoms with E-state index in [4.69, 9.17) is 5.26 Å². The average Bonchev–Trinajstić information content (AvgIpc) is 2.71. The van der Waals surface area contributed by atoms with Crippen LogP contribution < -0.4 is 5.32 Å². The number of hydrogen-bond donors (Lipinski definition) is 1. The molecule has 0 fully saturated rings. The van der Waals surface area contributed by atoms with Gasteiger partial charge < -0.3 is 5.32 Å². The third-order valence-corrected chi connectivity index (χ3v) is 2.57. The van der Waals surface area contributed by atoms with Crippen molar-refractivity contribution in [3.8, 4) is 6.07 Å². The summed E-state index contributed by atoms with van der Waals surface area (Å²) in [4.78, 5) is 0. The number of nitrogens with zero attached hydrogens (tertiary/aromatic N) is 1. The molecule has 0 heterocycles. The zero-order chi connectivity index (χ0) is 11.5. The van der Waals surface area contributed by atoms with Gasteiger partial charge in [-0.3, -0.25) is 0 Å². The molecule has 1 aliphatic carbocycles. The number of hydrogen-bond acceptors (Lipinski definition) is 2. The van der Waals surface area contributed by atoms with Crippen molar-refractivity contribution in [3.63, 3.8) is 0 Å². The number of allylic oxidation sites excluding steroid dienone is 2. The summed E-state index contributed by atoms with van der Waals surface area (Å²) in [6, 6.07) is 5.30. The Hall–Kier alpha value is -1.89. The number of benzene rings is 1. The Morgan fingerprint density at radius 1 is 1.25 bits per heavy atom. The summed E-state index contributed by atoms with van der Waals surface area (Å²) in [5.41, 5.74) is 1.42. The molecule has 82 valence electrons. The van der Waals surface area contributed by atoms with Crippen molar-refractivity contribution in [1.29, 1.82) is 5.26 Å². The van der Waals surface area contributed by atoms with Crippen LogP contribution in [0, 0.1) is 23.0 Å². The van der Waals surface area contributed by atoms with Gasteiger partial charge in [-0.1, -0.05) is 0 Å². The number of rotatable bonds is 2. The van der Waals surface area contributed by atoms with E-state index in [9.17, 15) is 8.78 Å². The Labute approximate surface area is 92.2 Å². The summed E-state index contributed by atoms with van der Waals surface area (Å²) >= 11 is 0. The molecule has 0 saturated carbocycles. The Balaban J connectivity index is 2.28. The van der Waals surface area contributed by atoms with Crippen molar-refractivity contribution in [2.45, 2.75) is 19.3 Å². The Morgan fingerprint density at radius 2 is 2.06 bits per heavy atom. The zero-order valence-electron chi connectivity index (χ0n) is 8.56. The summed E-state index contributed by atoms with van der Waals surface area (Å²) in [7, 11) is 0. The summed E-state index contributed by atoms with van der Waals surface area (Å²) in [6.07, 6.45) is 2.29. The van der Waals surface area contributed by atoms with Crippen molar-refractivity contribution in [3.05, 3.63) is 41.1 Å². The highest BCUT2D eigenvalue weighted by molar-refractivity contribution is 5.52. The highest BCUT2D eigenvalue weighted by atomic mass is 19.1. The van der Waals surface area contributed by atoms with Gasteiger partial charge in [0.2, 0.25) is 0 Å². The van der Waals surface area contributed by atoms with E-state index in [2.05, 4.69) is 11.4 Å². The third kappa shape index (κ3) is 2.03. The smallest absolute Gasteiger partial charge is 0.146 e. The van der Waals surface area contributed by atoms with Gasteiger partial charge in [0.05, 0.1) is 11.8 Å². The lowest BCUT2D eigenvalue weighted by molar-refractivity contribution is 0.603. The second-order valence-corrected chi connectivity index (χ2v) is 3.67. The first-order valence-electron chi connectivity index (χ1n) is 5.05. The molecule has 0 bridgehead atoms. The molecule has 0 radical (unpaired) electrons. The monoisotopic (exact) mass is 220 g/mol. The fraction of sp³-hybridized carbons (Fsp3) is 0.250. The normalized spacial score (nSPS) is 15.1. The van der Waals surface area contributed by atoms with Crippen LogP contribution in [-0.2, 0) is 0 Å². The van der Waals surface area contributed by atoms with Crippen LogP contribution in [0.25, 0.3) is 0 Å². The van der Waals surface area contributed by atoms with Crippen molar-refractivity contribution in [2.75, 3.05) is 5.32 Å². The molecular weight excluding hydrogens is 210 g/mol. The predicted octanol–water partition coefficient (Wildman–Crippen LogP) is 3.34. The average molecular weight is 220 g/mol. The largest absolute Gasteiger partial charge is 0.356 e. The number of nitriles is 1. The van der Waals surface area contributed by atoms with Gasteiger partial charge in [-0.05, 0) is 31.4 Å². The molecule has 0 aliphatic heterocycles. The molecule has 2 nitrogen and oxygen atoms in total. The Bertz CT molecular complexity index is 486. The van der Waals surface area contributed by atoms with Crippen molar-refractivity contribution in [1.82, 2.24) is 0 Å². The first-order chi connectivity index (χ1) is 7.70. The molecule has 1 aromatic carbocycles. The summed E-state index contributed by atoms with van der Waals surface area (Å²) < 4.78 is 26.2. The summed E-state index contributed by atoms with van der Waals surface area (Å²) in [5.74, 6) is -1.01. The van der Waals surface area contributed by atoms with E-state index < -0.39 is 11.6 Å². The summed E-state index contributed by atoms with van der Waals surface area (Å²) in [6.45, 7) is 0. The van der Waals surface area contributed by atoms with E-state index in [1.54, 1.807) is 0 Å². The van der Waals surface area contributed by atoms with Gasteiger partial charge in [-0.15, -0.1) is 0 Å². The molecule has 0 aromatic heterocycles. The minimum Gasteiger partial charge on any atom is -0.356 e.